The molecule has 22 heavy (non-hydrogen) atoms. The van der Waals surface area contributed by atoms with Crippen molar-refractivity contribution in [1.29, 1.82) is 0 Å². The molecular formula is C18H21FN2O. The normalized spacial score (nSPS) is 16.0. The van der Waals surface area contributed by atoms with E-state index in [1.54, 1.807) is 12.1 Å². The van der Waals surface area contributed by atoms with Crippen molar-refractivity contribution in [3.05, 3.63) is 48.0 Å². The van der Waals surface area contributed by atoms with Gasteiger partial charge < -0.3 is 9.47 Å². The summed E-state index contributed by atoms with van der Waals surface area (Å²) in [4.78, 5) is 14.6. The minimum absolute atomic E-state index is 0.0859. The van der Waals surface area contributed by atoms with Crippen LogP contribution in [0.2, 0.25) is 0 Å². The van der Waals surface area contributed by atoms with Crippen LogP contribution in [0, 0.1) is 11.7 Å². The highest BCUT2D eigenvalue weighted by atomic mass is 19.1. The Morgan fingerprint density at radius 1 is 1.14 bits per heavy atom. The molecule has 0 radical (unpaired) electrons. The first-order valence-corrected chi connectivity index (χ1v) is 7.76. The molecule has 0 atom stereocenters. The molecule has 0 saturated carbocycles. The van der Waals surface area contributed by atoms with Gasteiger partial charge in [0.15, 0.2) is 0 Å². The van der Waals surface area contributed by atoms with E-state index in [1.165, 1.54) is 12.1 Å². The Kier molecular flexibility index (Phi) is 4.01. The fraction of sp³-hybridized carbons (Fsp3) is 0.389. The van der Waals surface area contributed by atoms with Crippen LogP contribution in [0.25, 0.3) is 11.1 Å². The van der Waals surface area contributed by atoms with Gasteiger partial charge in [0.05, 0.1) is 0 Å². The van der Waals surface area contributed by atoms with Crippen molar-refractivity contribution in [2.24, 2.45) is 13.0 Å². The third kappa shape index (κ3) is 2.91. The first-order valence-electron chi connectivity index (χ1n) is 7.76. The summed E-state index contributed by atoms with van der Waals surface area (Å²) in [6.45, 7) is 3.89. The highest BCUT2D eigenvalue weighted by molar-refractivity contribution is 5.94. The van der Waals surface area contributed by atoms with Crippen molar-refractivity contribution in [2.45, 2.75) is 19.8 Å². The Labute approximate surface area is 130 Å². The molecule has 3 rings (SSSR count). The maximum absolute atomic E-state index is 13.0. The minimum atomic E-state index is -0.251. The zero-order valence-corrected chi connectivity index (χ0v) is 13.1. The van der Waals surface area contributed by atoms with E-state index in [1.807, 2.05) is 28.8 Å². The average molecular weight is 300 g/mol. The zero-order chi connectivity index (χ0) is 15.7. The van der Waals surface area contributed by atoms with Gasteiger partial charge in [-0.2, -0.15) is 0 Å². The topological polar surface area (TPSA) is 25.2 Å². The number of nitrogens with zero attached hydrogens (tertiary/aromatic N) is 2. The minimum Gasteiger partial charge on any atom is -0.346 e. The van der Waals surface area contributed by atoms with E-state index in [2.05, 4.69) is 6.92 Å². The molecule has 3 nitrogen and oxygen atoms in total. The molecule has 1 fully saturated rings. The molecule has 1 amide bonds. The van der Waals surface area contributed by atoms with Crippen molar-refractivity contribution in [1.82, 2.24) is 9.47 Å². The van der Waals surface area contributed by atoms with Gasteiger partial charge in [-0.15, -0.1) is 0 Å². The lowest BCUT2D eigenvalue weighted by molar-refractivity contribution is 0.0687. The fourth-order valence-corrected chi connectivity index (χ4v) is 2.95. The molecule has 116 valence electrons. The predicted octanol–water partition coefficient (Wildman–Crippen LogP) is 3.70. The maximum Gasteiger partial charge on any atom is 0.270 e. The molecule has 0 N–H and O–H groups in total. The number of piperidine rings is 1. The standard InChI is InChI=1S/C18H21FN2O/c1-13-7-9-21(10-8-13)18(22)17-11-15(12-20(17)2)14-3-5-16(19)6-4-14/h3-6,11-13H,7-10H2,1-2H3. The molecule has 1 saturated heterocycles. The second-order valence-electron chi connectivity index (χ2n) is 6.21. The van der Waals surface area contributed by atoms with E-state index in [0.29, 0.717) is 11.6 Å². The van der Waals surface area contributed by atoms with E-state index in [0.717, 1.165) is 37.1 Å². The lowest BCUT2D eigenvalue weighted by Crippen LogP contribution is -2.38. The first-order chi connectivity index (χ1) is 10.5. The highest BCUT2D eigenvalue weighted by Gasteiger charge is 2.23. The molecule has 1 aliphatic rings. The van der Waals surface area contributed by atoms with Crippen LogP contribution in [0.5, 0.6) is 0 Å². The second-order valence-corrected chi connectivity index (χ2v) is 6.21. The van der Waals surface area contributed by atoms with Gasteiger partial charge in [-0.05, 0) is 42.5 Å². The van der Waals surface area contributed by atoms with Gasteiger partial charge in [0.2, 0.25) is 0 Å². The number of carbonyl (C=O) groups excluding carboxylic acids is 1. The van der Waals surface area contributed by atoms with Crippen molar-refractivity contribution in [3.8, 4) is 11.1 Å². The number of hydrogen-bond acceptors (Lipinski definition) is 1. The van der Waals surface area contributed by atoms with Crippen molar-refractivity contribution in [3.63, 3.8) is 0 Å². The maximum atomic E-state index is 13.0. The molecule has 1 aromatic carbocycles. The van der Waals surface area contributed by atoms with E-state index < -0.39 is 0 Å². The SMILES string of the molecule is CC1CCN(C(=O)c2cc(-c3ccc(F)cc3)cn2C)CC1. The Morgan fingerprint density at radius 3 is 2.41 bits per heavy atom. The Bertz CT molecular complexity index is 667. The lowest BCUT2D eigenvalue weighted by Gasteiger charge is -2.30. The quantitative estimate of drug-likeness (QED) is 0.830. The predicted molar refractivity (Wildman–Crippen MR) is 85.1 cm³/mol. The van der Waals surface area contributed by atoms with Gasteiger partial charge in [0, 0.05) is 31.9 Å². The van der Waals surface area contributed by atoms with Crippen molar-refractivity contribution >= 4 is 5.91 Å². The monoisotopic (exact) mass is 300 g/mol. The van der Waals surface area contributed by atoms with Crippen LogP contribution in [-0.2, 0) is 7.05 Å². The number of halogens is 1. The molecule has 1 aliphatic heterocycles. The van der Waals surface area contributed by atoms with Gasteiger partial charge in [0.25, 0.3) is 5.91 Å². The molecule has 2 heterocycles. The summed E-state index contributed by atoms with van der Waals surface area (Å²) >= 11 is 0. The molecule has 0 spiro atoms. The summed E-state index contributed by atoms with van der Waals surface area (Å²) in [5, 5.41) is 0. The van der Waals surface area contributed by atoms with Gasteiger partial charge in [0.1, 0.15) is 11.5 Å². The molecular weight excluding hydrogens is 279 g/mol. The van der Waals surface area contributed by atoms with Crippen LogP contribution >= 0.6 is 0 Å². The number of likely N-dealkylation sites (tertiary alicyclic amines) is 1. The molecule has 4 heteroatoms. The van der Waals surface area contributed by atoms with Crippen LogP contribution < -0.4 is 0 Å². The summed E-state index contributed by atoms with van der Waals surface area (Å²) in [5.74, 6) is 0.536. The number of aromatic nitrogens is 1. The van der Waals surface area contributed by atoms with Gasteiger partial charge in [-0.25, -0.2) is 4.39 Å². The van der Waals surface area contributed by atoms with Crippen LogP contribution in [0.15, 0.2) is 36.5 Å². The van der Waals surface area contributed by atoms with E-state index in [9.17, 15) is 9.18 Å². The summed E-state index contributed by atoms with van der Waals surface area (Å²) in [6, 6.07) is 8.25. The summed E-state index contributed by atoms with van der Waals surface area (Å²) in [5.41, 5.74) is 2.55. The number of hydrogen-bond donors (Lipinski definition) is 0. The molecule has 2 aromatic rings. The lowest BCUT2D eigenvalue weighted by atomic mass is 9.99. The van der Waals surface area contributed by atoms with Crippen LogP contribution in [-0.4, -0.2) is 28.5 Å². The average Bonchev–Trinajstić information content (AvgIpc) is 2.90. The molecule has 1 aromatic heterocycles. The number of benzene rings is 1. The van der Waals surface area contributed by atoms with Crippen LogP contribution in [0.1, 0.15) is 30.3 Å². The molecule has 0 aliphatic carbocycles. The third-order valence-corrected chi connectivity index (χ3v) is 4.47. The first kappa shape index (κ1) is 14.8. The zero-order valence-electron chi connectivity index (χ0n) is 13.1. The fourth-order valence-electron chi connectivity index (χ4n) is 2.95. The van der Waals surface area contributed by atoms with Gasteiger partial charge >= 0.3 is 0 Å². The summed E-state index contributed by atoms with van der Waals surface area (Å²) in [7, 11) is 1.88. The third-order valence-electron chi connectivity index (χ3n) is 4.47. The Hall–Kier alpha value is -2.10. The molecule has 0 unspecified atom stereocenters. The van der Waals surface area contributed by atoms with E-state index in [4.69, 9.17) is 0 Å². The largest absolute Gasteiger partial charge is 0.346 e. The van der Waals surface area contributed by atoms with Crippen LogP contribution in [0.3, 0.4) is 0 Å². The smallest absolute Gasteiger partial charge is 0.270 e. The van der Waals surface area contributed by atoms with Gasteiger partial charge in [-0.1, -0.05) is 19.1 Å². The Balaban J connectivity index is 1.83. The number of aryl methyl sites for hydroxylation is 1. The molecule has 0 bridgehead atoms. The van der Waals surface area contributed by atoms with Crippen LogP contribution in [0.4, 0.5) is 4.39 Å². The number of rotatable bonds is 2. The van der Waals surface area contributed by atoms with E-state index >= 15 is 0 Å². The van der Waals surface area contributed by atoms with E-state index in [-0.39, 0.29) is 11.7 Å². The Morgan fingerprint density at radius 2 is 1.77 bits per heavy atom. The second kappa shape index (κ2) is 5.95. The van der Waals surface area contributed by atoms with Crippen molar-refractivity contribution < 1.29 is 9.18 Å². The van der Waals surface area contributed by atoms with Gasteiger partial charge in [-0.3, -0.25) is 4.79 Å². The summed E-state index contributed by atoms with van der Waals surface area (Å²) < 4.78 is 14.9. The highest BCUT2D eigenvalue weighted by Crippen LogP contribution is 2.24. The number of amides is 1. The van der Waals surface area contributed by atoms with Crippen molar-refractivity contribution in [2.75, 3.05) is 13.1 Å². The summed E-state index contributed by atoms with van der Waals surface area (Å²) in [6.07, 6.45) is 4.06. The number of carbonyl (C=O) groups is 1.